The second-order valence-corrected chi connectivity index (χ2v) is 9.61. The van der Waals surface area contributed by atoms with E-state index < -0.39 is 24.0 Å². The van der Waals surface area contributed by atoms with Crippen LogP contribution in [0, 0.1) is 11.8 Å². The third kappa shape index (κ3) is 4.89. The van der Waals surface area contributed by atoms with Crippen LogP contribution in [0.4, 0.5) is 4.79 Å². The number of ether oxygens (including phenoxy) is 2. The molecule has 35 heavy (non-hydrogen) atoms. The molecule has 2 saturated heterocycles. The van der Waals surface area contributed by atoms with Gasteiger partial charge in [-0.3, -0.25) is 9.59 Å². The van der Waals surface area contributed by atoms with Crippen LogP contribution in [0.3, 0.4) is 0 Å². The molecular weight excluding hydrogens is 448 g/mol. The zero-order valence-corrected chi connectivity index (χ0v) is 19.5. The number of carbonyl (C=O) groups excluding carboxylic acids is 2. The van der Waals surface area contributed by atoms with Crippen LogP contribution in [0.2, 0.25) is 0 Å². The summed E-state index contributed by atoms with van der Waals surface area (Å²) in [6.45, 7) is 1.71. The van der Waals surface area contributed by atoms with E-state index in [0.717, 1.165) is 35.1 Å². The number of amides is 2. The van der Waals surface area contributed by atoms with Crippen LogP contribution in [0.1, 0.15) is 36.3 Å². The second kappa shape index (κ2) is 10.1. The molecule has 2 amide bonds. The number of fused-ring (bicyclic) bond motifs is 3. The van der Waals surface area contributed by atoms with Crippen LogP contribution < -0.4 is 5.32 Å². The maximum atomic E-state index is 13.2. The van der Waals surface area contributed by atoms with Gasteiger partial charge >= 0.3 is 12.1 Å². The first kappa shape index (κ1) is 23.4. The smallest absolute Gasteiger partial charge is 0.407 e. The maximum Gasteiger partial charge on any atom is 0.407 e. The van der Waals surface area contributed by atoms with Gasteiger partial charge in [-0.1, -0.05) is 48.5 Å². The number of hydrogen-bond acceptors (Lipinski definition) is 5. The Hall–Kier alpha value is -3.39. The Morgan fingerprint density at radius 2 is 1.71 bits per heavy atom. The third-order valence-electron chi connectivity index (χ3n) is 7.34. The lowest BCUT2D eigenvalue weighted by molar-refractivity contribution is -0.142. The van der Waals surface area contributed by atoms with Crippen molar-refractivity contribution in [1.82, 2.24) is 10.2 Å². The minimum atomic E-state index is -0.844. The molecule has 0 bridgehead atoms. The number of benzene rings is 2. The van der Waals surface area contributed by atoms with E-state index in [1.165, 1.54) is 0 Å². The van der Waals surface area contributed by atoms with Gasteiger partial charge in [0.2, 0.25) is 5.91 Å². The molecule has 3 unspecified atom stereocenters. The Kier molecular flexibility index (Phi) is 6.72. The van der Waals surface area contributed by atoms with Gasteiger partial charge in [-0.2, -0.15) is 0 Å². The van der Waals surface area contributed by atoms with Gasteiger partial charge in [-0.05, 0) is 41.0 Å². The van der Waals surface area contributed by atoms with E-state index in [9.17, 15) is 14.4 Å². The number of likely N-dealkylation sites (tertiary alicyclic amines) is 1. The number of rotatable bonds is 6. The number of carboxylic acid groups (broad SMARTS) is 1. The van der Waals surface area contributed by atoms with Crippen molar-refractivity contribution in [3.8, 4) is 11.1 Å². The first-order valence-electron chi connectivity index (χ1n) is 12.2. The minimum absolute atomic E-state index is 0.0371. The molecule has 8 nitrogen and oxygen atoms in total. The molecule has 184 valence electrons. The van der Waals surface area contributed by atoms with Crippen molar-refractivity contribution in [2.24, 2.45) is 11.8 Å². The van der Waals surface area contributed by atoms with Crippen molar-refractivity contribution in [3.63, 3.8) is 0 Å². The molecule has 0 saturated carbocycles. The fourth-order valence-corrected chi connectivity index (χ4v) is 5.64. The van der Waals surface area contributed by atoms with E-state index in [-0.39, 0.29) is 44.0 Å². The zero-order chi connectivity index (χ0) is 24.4. The highest BCUT2D eigenvalue weighted by Crippen LogP contribution is 2.44. The highest BCUT2D eigenvalue weighted by Gasteiger charge is 2.39. The molecule has 2 aromatic carbocycles. The van der Waals surface area contributed by atoms with E-state index >= 15 is 0 Å². The SMILES string of the molecule is O=C(O)CC1CCCN(C(=O)C2COCC2NC(=O)OCC2c3ccccc3-c3ccccc32)C1. The molecule has 3 aliphatic rings. The molecule has 8 heteroatoms. The normalized spacial score (nSPS) is 23.4. The van der Waals surface area contributed by atoms with Gasteiger partial charge in [-0.25, -0.2) is 4.79 Å². The van der Waals surface area contributed by atoms with Crippen molar-refractivity contribution >= 4 is 18.0 Å². The largest absolute Gasteiger partial charge is 0.481 e. The van der Waals surface area contributed by atoms with E-state index in [2.05, 4.69) is 29.6 Å². The molecule has 1 aliphatic carbocycles. The monoisotopic (exact) mass is 478 g/mol. The van der Waals surface area contributed by atoms with Crippen molar-refractivity contribution in [2.75, 3.05) is 32.9 Å². The summed E-state index contributed by atoms with van der Waals surface area (Å²) in [5.74, 6) is -1.52. The number of hydrogen-bond donors (Lipinski definition) is 2. The number of carbonyl (C=O) groups is 3. The molecule has 0 aromatic heterocycles. The average Bonchev–Trinajstić information content (AvgIpc) is 3.44. The fraction of sp³-hybridized carbons (Fsp3) is 0.444. The molecule has 2 aromatic rings. The summed E-state index contributed by atoms with van der Waals surface area (Å²) < 4.78 is 11.2. The van der Waals surface area contributed by atoms with E-state index in [1.54, 1.807) is 4.90 Å². The van der Waals surface area contributed by atoms with Crippen molar-refractivity contribution < 1.29 is 29.0 Å². The number of aliphatic carboxylic acids is 1. The predicted molar refractivity (Wildman–Crippen MR) is 128 cm³/mol. The van der Waals surface area contributed by atoms with Gasteiger partial charge in [0, 0.05) is 25.4 Å². The number of nitrogens with zero attached hydrogens (tertiary/aromatic N) is 1. The van der Waals surface area contributed by atoms with Crippen molar-refractivity contribution in [3.05, 3.63) is 59.7 Å². The molecule has 2 aliphatic heterocycles. The Morgan fingerprint density at radius 3 is 2.40 bits per heavy atom. The lowest BCUT2D eigenvalue weighted by atomic mass is 9.93. The van der Waals surface area contributed by atoms with Crippen LogP contribution in [0.25, 0.3) is 11.1 Å². The standard InChI is InChI=1S/C27H30N2O6/c30-25(31)12-17-6-5-11-29(13-17)26(32)23-14-34-16-24(23)28-27(33)35-15-22-20-9-3-1-7-18(20)19-8-2-4-10-21(19)22/h1-4,7-10,17,22-24H,5-6,11-16H2,(H,28,33)(H,30,31). The second-order valence-electron chi connectivity index (χ2n) is 9.61. The summed E-state index contributed by atoms with van der Waals surface area (Å²) in [4.78, 5) is 38.7. The van der Waals surface area contributed by atoms with Crippen LogP contribution in [0.15, 0.2) is 48.5 Å². The van der Waals surface area contributed by atoms with Gasteiger partial charge in [-0.15, -0.1) is 0 Å². The lowest BCUT2D eigenvalue weighted by Gasteiger charge is -2.34. The van der Waals surface area contributed by atoms with Crippen LogP contribution >= 0.6 is 0 Å². The fourth-order valence-electron chi connectivity index (χ4n) is 5.64. The molecule has 0 radical (unpaired) electrons. The summed E-state index contributed by atoms with van der Waals surface area (Å²) >= 11 is 0. The molecule has 0 spiro atoms. The highest BCUT2D eigenvalue weighted by atomic mass is 16.5. The Morgan fingerprint density at radius 1 is 1.03 bits per heavy atom. The maximum absolute atomic E-state index is 13.2. The van der Waals surface area contributed by atoms with Crippen molar-refractivity contribution in [1.29, 1.82) is 0 Å². The van der Waals surface area contributed by atoms with E-state index in [0.29, 0.717) is 13.1 Å². The predicted octanol–water partition coefficient (Wildman–Crippen LogP) is 3.25. The molecule has 3 atom stereocenters. The van der Waals surface area contributed by atoms with Gasteiger partial charge in [0.25, 0.3) is 0 Å². The minimum Gasteiger partial charge on any atom is -0.481 e. The van der Waals surface area contributed by atoms with Gasteiger partial charge in [0.15, 0.2) is 0 Å². The summed E-state index contributed by atoms with van der Waals surface area (Å²) in [5, 5.41) is 11.9. The van der Waals surface area contributed by atoms with Crippen LogP contribution in [-0.2, 0) is 19.1 Å². The molecule has 2 N–H and O–H groups in total. The molecule has 2 fully saturated rings. The first-order valence-corrected chi connectivity index (χ1v) is 12.2. The highest BCUT2D eigenvalue weighted by molar-refractivity contribution is 5.82. The summed E-state index contributed by atoms with van der Waals surface area (Å²) in [7, 11) is 0. The number of piperidine rings is 1. The van der Waals surface area contributed by atoms with Gasteiger partial charge in [0.1, 0.15) is 6.61 Å². The Bertz CT molecular complexity index is 1070. The van der Waals surface area contributed by atoms with E-state index in [4.69, 9.17) is 14.6 Å². The van der Waals surface area contributed by atoms with Crippen molar-refractivity contribution in [2.45, 2.75) is 31.2 Å². The summed E-state index contributed by atoms with van der Waals surface area (Å²) in [6.07, 6.45) is 1.08. The summed E-state index contributed by atoms with van der Waals surface area (Å²) in [6, 6.07) is 15.8. The average molecular weight is 479 g/mol. The third-order valence-corrected chi connectivity index (χ3v) is 7.34. The van der Waals surface area contributed by atoms with Gasteiger partial charge < -0.3 is 24.8 Å². The quantitative estimate of drug-likeness (QED) is 0.660. The Labute approximate surface area is 204 Å². The molecular formula is C27H30N2O6. The Balaban J connectivity index is 1.19. The zero-order valence-electron chi connectivity index (χ0n) is 19.5. The molecule has 5 rings (SSSR count). The van der Waals surface area contributed by atoms with Gasteiger partial charge in [0.05, 0.1) is 25.2 Å². The lowest BCUT2D eigenvalue weighted by Crippen LogP contribution is -2.50. The van der Waals surface area contributed by atoms with Crippen LogP contribution in [0.5, 0.6) is 0 Å². The van der Waals surface area contributed by atoms with Crippen LogP contribution in [-0.4, -0.2) is 66.9 Å². The first-order chi connectivity index (χ1) is 17.0. The summed E-state index contributed by atoms with van der Waals surface area (Å²) in [5.41, 5.74) is 4.60. The molecule has 2 heterocycles. The topological polar surface area (TPSA) is 105 Å². The number of alkyl carbamates (subject to hydrolysis) is 1. The number of carboxylic acids is 1. The number of nitrogens with one attached hydrogen (secondary N) is 1. The van der Waals surface area contributed by atoms with E-state index in [1.807, 2.05) is 24.3 Å².